The summed E-state index contributed by atoms with van der Waals surface area (Å²) in [6.45, 7) is 0. The van der Waals surface area contributed by atoms with Gasteiger partial charge in [-0.1, -0.05) is 37.6 Å². The van der Waals surface area contributed by atoms with Crippen molar-refractivity contribution in [3.8, 4) is 0 Å². The zero-order chi connectivity index (χ0) is 15.7. The molecule has 1 aromatic carbocycles. The Kier molecular flexibility index (Phi) is 8.49. The van der Waals surface area contributed by atoms with Crippen LogP contribution in [0.25, 0.3) is 11.0 Å². The van der Waals surface area contributed by atoms with Gasteiger partial charge >= 0.3 is 59.1 Å². The van der Waals surface area contributed by atoms with Crippen molar-refractivity contribution in [3.05, 3.63) is 52.7 Å². The molecular weight excluding hydrogens is 371 g/mol. The van der Waals surface area contributed by atoms with Crippen LogP contribution >= 0.6 is 19.4 Å². The summed E-state index contributed by atoms with van der Waals surface area (Å²) in [7, 11) is -4.65. The molecule has 0 aliphatic heterocycles. The minimum atomic E-state index is -4.65. The first-order valence-electron chi connectivity index (χ1n) is 6.26. The van der Waals surface area contributed by atoms with Gasteiger partial charge in [0.15, 0.2) is 0 Å². The Morgan fingerprint density at radius 2 is 1.83 bits per heavy atom. The van der Waals surface area contributed by atoms with Gasteiger partial charge in [-0.2, -0.15) is 0 Å². The first-order valence-corrected chi connectivity index (χ1v) is 8.80. The van der Waals surface area contributed by atoms with Crippen LogP contribution in [-0.4, -0.2) is 15.0 Å². The summed E-state index contributed by atoms with van der Waals surface area (Å²) in [5.74, 6) is 0. The van der Waals surface area contributed by atoms with Crippen LogP contribution in [0.3, 0.4) is 0 Å². The van der Waals surface area contributed by atoms with Gasteiger partial charge in [0.05, 0.1) is 11.2 Å². The zero-order valence-corrected chi connectivity index (χ0v) is 18.8. The molecule has 7 nitrogen and oxygen atoms in total. The fourth-order valence-corrected chi connectivity index (χ4v) is 3.89. The second-order valence-electron chi connectivity index (χ2n) is 4.59. The third-order valence-electron chi connectivity index (χ3n) is 2.99. The zero-order valence-electron chi connectivity index (χ0n) is 13.1. The molecule has 3 aromatic rings. The maximum Gasteiger partial charge on any atom is 1.00 e. The molecule has 0 spiro atoms. The number of nitrogens with zero attached hydrogens (tertiary/aromatic N) is 1. The number of hydrogen-bond donors (Lipinski definition) is 2. The van der Waals surface area contributed by atoms with Gasteiger partial charge in [0, 0.05) is 17.3 Å². The molecule has 0 atom stereocenters. The quantitative estimate of drug-likeness (QED) is 0.344. The molecule has 24 heavy (non-hydrogen) atoms. The molecule has 0 bridgehead atoms. The van der Waals surface area contributed by atoms with E-state index in [-0.39, 0.29) is 64.7 Å². The van der Waals surface area contributed by atoms with E-state index in [1.165, 1.54) is 18.1 Å². The van der Waals surface area contributed by atoms with Crippen LogP contribution in [0.1, 0.15) is 5.56 Å². The molecule has 0 saturated carbocycles. The predicted octanol–water partition coefficient (Wildman–Crippen LogP) is -5.18. The molecule has 0 fully saturated rings. The fraction of sp³-hybridized carbons (Fsp3) is 0.0769. The van der Waals surface area contributed by atoms with Crippen molar-refractivity contribution < 1.29 is 73.5 Å². The van der Waals surface area contributed by atoms with Crippen molar-refractivity contribution >= 4 is 30.4 Å². The van der Waals surface area contributed by atoms with Crippen molar-refractivity contribution in [1.82, 2.24) is 15.0 Å². The maximum absolute atomic E-state index is 11.6. The van der Waals surface area contributed by atoms with E-state index in [9.17, 15) is 19.1 Å². The molecule has 0 radical (unpaired) electrons. The number of rotatable bonds is 4. The predicted molar refractivity (Wildman–Crippen MR) is 78.6 cm³/mol. The molecule has 3 rings (SSSR count). The van der Waals surface area contributed by atoms with E-state index in [1.807, 2.05) is 0 Å². The summed E-state index contributed by atoms with van der Waals surface area (Å²) in [6, 6.07) is 6.75. The Balaban J connectivity index is 0.00000144. The van der Waals surface area contributed by atoms with Gasteiger partial charge < -0.3 is 24.3 Å². The number of fused-ring (bicyclic) bond motifs is 1. The van der Waals surface area contributed by atoms with Gasteiger partial charge in [-0.15, -0.1) is 0 Å². The average Bonchev–Trinajstić information content (AvgIpc) is 2.84. The van der Waals surface area contributed by atoms with E-state index >= 15 is 0 Å². The van der Waals surface area contributed by atoms with Gasteiger partial charge in [0.1, 0.15) is 11.0 Å². The largest absolute Gasteiger partial charge is 1.00 e. The molecule has 0 unspecified atom stereocenters. The van der Waals surface area contributed by atoms with Crippen LogP contribution in [0.15, 0.2) is 51.4 Å². The van der Waals surface area contributed by atoms with Gasteiger partial charge in [-0.25, -0.2) is 4.98 Å². The first-order chi connectivity index (χ1) is 10.4. The monoisotopic (exact) mass is 381 g/mol. The van der Waals surface area contributed by atoms with Crippen LogP contribution in [0.4, 0.5) is 0 Å². The minimum Gasteiger partial charge on any atom is -0.810 e. The van der Waals surface area contributed by atoms with Gasteiger partial charge in [0.2, 0.25) is 0 Å². The van der Waals surface area contributed by atoms with E-state index in [2.05, 4.69) is 15.0 Å². The van der Waals surface area contributed by atoms with Crippen molar-refractivity contribution in [3.63, 3.8) is 0 Å². The van der Waals surface area contributed by atoms with Crippen LogP contribution < -0.4 is 74.5 Å². The Morgan fingerprint density at radius 3 is 2.54 bits per heavy atom. The normalized spacial score (nSPS) is 10.9. The minimum absolute atomic E-state index is 0. The second-order valence-corrected chi connectivity index (χ2v) is 7.21. The number of benzene rings is 1. The van der Waals surface area contributed by atoms with Crippen molar-refractivity contribution in [1.29, 1.82) is 0 Å². The van der Waals surface area contributed by atoms with Crippen molar-refractivity contribution in [2.45, 2.75) is 16.0 Å². The topological polar surface area (TPSA) is 125 Å². The number of aromatic amines is 2. The van der Waals surface area contributed by atoms with E-state index in [0.717, 1.165) is 0 Å². The molecule has 0 aliphatic carbocycles. The third-order valence-corrected chi connectivity index (χ3v) is 4.87. The summed E-state index contributed by atoms with van der Waals surface area (Å²) in [6.07, 6.45) is 2.38. The summed E-state index contributed by atoms with van der Waals surface area (Å²) in [5, 5.41) is 0. The molecule has 0 aliphatic rings. The molecule has 114 valence electrons. The Morgan fingerprint density at radius 1 is 1.12 bits per heavy atom. The van der Waals surface area contributed by atoms with E-state index in [1.54, 1.807) is 30.5 Å². The molecule has 0 saturated heterocycles. The summed E-state index contributed by atoms with van der Waals surface area (Å²) >= 11 is 1.25. The van der Waals surface area contributed by atoms with Gasteiger partial charge in [-0.3, -0.25) is 4.79 Å². The molecular formula is C13H10N3Na2O4PS. The summed E-state index contributed by atoms with van der Waals surface area (Å²) in [4.78, 5) is 44.4. The number of H-pyrrole nitrogens is 2. The summed E-state index contributed by atoms with van der Waals surface area (Å²) in [5.41, 5.74) is 0.991. The van der Waals surface area contributed by atoms with E-state index in [0.29, 0.717) is 26.4 Å². The Bertz CT molecular complexity index is 940. The van der Waals surface area contributed by atoms with E-state index in [4.69, 9.17) is 0 Å². The standard InChI is InChI=1S/C13H12N3O4PS.2Na/c17-13-12-11(15-7-16-13)10(5-14-12)22-9-4-2-1-3-8(9)6-21(18,19)20;;/h1-5,7,14H,6H2,(H,15,16,17)(H2,18,19,20);;/q;2*+1/p-2. The number of aromatic nitrogens is 3. The van der Waals surface area contributed by atoms with Crippen LogP contribution in [0, 0.1) is 0 Å². The smallest absolute Gasteiger partial charge is 0.810 e. The third kappa shape index (κ3) is 5.32. The second kappa shape index (κ2) is 9.19. The fourth-order valence-electron chi connectivity index (χ4n) is 2.07. The average molecular weight is 381 g/mol. The molecule has 11 heteroatoms. The summed E-state index contributed by atoms with van der Waals surface area (Å²) < 4.78 is 11.0. The van der Waals surface area contributed by atoms with Gasteiger partial charge in [-0.05, 0) is 11.6 Å². The molecule has 2 N–H and O–H groups in total. The van der Waals surface area contributed by atoms with E-state index < -0.39 is 13.8 Å². The number of hydrogen-bond acceptors (Lipinski definition) is 6. The Labute approximate surface area is 185 Å². The number of nitrogens with one attached hydrogen (secondary N) is 2. The SMILES string of the molecule is O=c1[nH]cnc2c(Sc3ccccc3CP(=O)([O-])[O-])c[nH]c12.[Na+].[Na+]. The maximum atomic E-state index is 11.6. The molecule has 2 aromatic heterocycles. The molecule has 0 amide bonds. The Hall–Kier alpha value is 0.140. The van der Waals surface area contributed by atoms with Crippen molar-refractivity contribution in [2.24, 2.45) is 0 Å². The molecule has 2 heterocycles. The van der Waals surface area contributed by atoms with Crippen molar-refractivity contribution in [2.75, 3.05) is 0 Å². The van der Waals surface area contributed by atoms with Crippen LogP contribution in [-0.2, 0) is 10.7 Å². The van der Waals surface area contributed by atoms with Crippen LogP contribution in [0.2, 0.25) is 0 Å². The van der Waals surface area contributed by atoms with Gasteiger partial charge in [0.25, 0.3) is 5.56 Å². The van der Waals surface area contributed by atoms with Crippen LogP contribution in [0.5, 0.6) is 0 Å². The first kappa shape index (κ1) is 22.2.